The van der Waals surface area contributed by atoms with E-state index in [9.17, 15) is 22.8 Å². The number of halogens is 3. The molecule has 1 saturated heterocycles. The van der Waals surface area contributed by atoms with Crippen molar-refractivity contribution < 1.29 is 41.7 Å². The molecule has 0 unspecified atom stereocenters. The zero-order valence-electron chi connectivity index (χ0n) is 19.6. The number of hydrogen-bond acceptors (Lipinski definition) is 6. The largest absolute Gasteiger partial charge is 0.493 e. The highest BCUT2D eigenvalue weighted by molar-refractivity contribution is 6.15. The van der Waals surface area contributed by atoms with E-state index in [4.69, 9.17) is 18.9 Å². The molecule has 2 aromatic carbocycles. The molecular weight excluding hydrogens is 467 g/mol. The van der Waals surface area contributed by atoms with E-state index in [-0.39, 0.29) is 11.1 Å². The maximum absolute atomic E-state index is 13.2. The number of ether oxygens (including phenoxy) is 4. The Bertz CT molecular complexity index is 1110. The fraction of sp³-hybridized carbons (Fsp3) is 0.280. The Kier molecular flexibility index (Phi) is 7.73. The summed E-state index contributed by atoms with van der Waals surface area (Å²) in [5.74, 6) is -0.828. The van der Waals surface area contributed by atoms with Gasteiger partial charge in [-0.05, 0) is 47.5 Å². The molecule has 1 aliphatic heterocycles. The molecule has 1 heterocycles. The van der Waals surface area contributed by atoms with Crippen LogP contribution in [0.4, 0.5) is 13.2 Å². The van der Waals surface area contributed by atoms with Gasteiger partial charge in [-0.2, -0.15) is 13.2 Å². The van der Waals surface area contributed by atoms with Crippen LogP contribution in [-0.2, 0) is 9.59 Å². The normalized spacial score (nSPS) is 16.4. The molecule has 1 aliphatic rings. The van der Waals surface area contributed by atoms with E-state index in [1.807, 2.05) is 0 Å². The van der Waals surface area contributed by atoms with Crippen LogP contribution in [0.2, 0.25) is 0 Å². The number of Topliss-reactive ketones (excluding diaryl/α,β-unsaturated/α-hetero) is 1. The van der Waals surface area contributed by atoms with Crippen LogP contribution >= 0.6 is 0 Å². The second-order valence-corrected chi connectivity index (χ2v) is 7.56. The predicted molar refractivity (Wildman–Crippen MR) is 123 cm³/mol. The van der Waals surface area contributed by atoms with Gasteiger partial charge < -0.3 is 23.8 Å². The van der Waals surface area contributed by atoms with Crippen molar-refractivity contribution in [2.24, 2.45) is 0 Å². The highest BCUT2D eigenvalue weighted by atomic mass is 19.4. The van der Waals surface area contributed by atoms with Gasteiger partial charge in [0.05, 0.1) is 41.5 Å². The van der Waals surface area contributed by atoms with Crippen molar-refractivity contribution in [3.8, 4) is 23.0 Å². The standard InChI is InChI=1S/C25H24F3NO6/c1-32-19-7-5-15(11-21(19)34-3)9-17-13-29(24(31)25(26,27)28)14-18(23(17)30)10-16-6-8-20(33-2)22(12-16)35-4/h5-12H,13-14H2,1-4H3. The number of ketones is 1. The molecule has 0 aromatic heterocycles. The fourth-order valence-electron chi connectivity index (χ4n) is 3.65. The molecule has 35 heavy (non-hydrogen) atoms. The molecule has 0 saturated carbocycles. The molecule has 0 bridgehead atoms. The van der Waals surface area contributed by atoms with E-state index in [1.54, 1.807) is 36.4 Å². The van der Waals surface area contributed by atoms with Crippen molar-refractivity contribution in [1.82, 2.24) is 4.90 Å². The lowest BCUT2D eigenvalue weighted by molar-refractivity contribution is -0.184. The van der Waals surface area contributed by atoms with Gasteiger partial charge in [0, 0.05) is 11.1 Å². The summed E-state index contributed by atoms with van der Waals surface area (Å²) >= 11 is 0. The predicted octanol–water partition coefficient (Wildman–Crippen LogP) is 4.16. The number of carbonyl (C=O) groups excluding carboxylic acids is 2. The van der Waals surface area contributed by atoms with Crippen molar-refractivity contribution in [2.45, 2.75) is 6.18 Å². The highest BCUT2D eigenvalue weighted by Gasteiger charge is 2.44. The lowest BCUT2D eigenvalue weighted by Gasteiger charge is -2.30. The zero-order valence-corrected chi connectivity index (χ0v) is 19.6. The second-order valence-electron chi connectivity index (χ2n) is 7.56. The summed E-state index contributed by atoms with van der Waals surface area (Å²) < 4.78 is 60.6. The number of benzene rings is 2. The first kappa shape index (κ1) is 25.7. The highest BCUT2D eigenvalue weighted by Crippen LogP contribution is 2.32. The fourth-order valence-corrected chi connectivity index (χ4v) is 3.65. The quantitative estimate of drug-likeness (QED) is 0.565. The Morgan fingerprint density at radius 3 is 1.51 bits per heavy atom. The Labute approximate surface area is 200 Å². The third-order valence-corrected chi connectivity index (χ3v) is 5.33. The zero-order chi connectivity index (χ0) is 25.8. The molecular formula is C25H24F3NO6. The van der Waals surface area contributed by atoms with Gasteiger partial charge in [0.15, 0.2) is 28.8 Å². The number of piperidine rings is 1. The Balaban J connectivity index is 2.06. The van der Waals surface area contributed by atoms with Crippen LogP contribution in [0.1, 0.15) is 11.1 Å². The van der Waals surface area contributed by atoms with E-state index in [0.29, 0.717) is 39.0 Å². The summed E-state index contributed by atoms with van der Waals surface area (Å²) in [4.78, 5) is 25.9. The average Bonchev–Trinajstić information content (AvgIpc) is 2.84. The van der Waals surface area contributed by atoms with Crippen molar-refractivity contribution >= 4 is 23.8 Å². The van der Waals surface area contributed by atoms with E-state index in [2.05, 4.69) is 0 Å². The van der Waals surface area contributed by atoms with Gasteiger partial charge in [0.25, 0.3) is 0 Å². The van der Waals surface area contributed by atoms with Crippen LogP contribution < -0.4 is 18.9 Å². The van der Waals surface area contributed by atoms with Crippen molar-refractivity contribution in [3.63, 3.8) is 0 Å². The van der Waals surface area contributed by atoms with Crippen LogP contribution in [0.25, 0.3) is 12.2 Å². The van der Waals surface area contributed by atoms with Gasteiger partial charge in [-0.1, -0.05) is 12.1 Å². The molecule has 186 valence electrons. The van der Waals surface area contributed by atoms with Crippen molar-refractivity contribution in [3.05, 3.63) is 58.7 Å². The number of nitrogens with zero attached hydrogens (tertiary/aromatic N) is 1. The number of alkyl halides is 3. The Hall–Kier alpha value is -3.95. The molecule has 0 atom stereocenters. The smallest absolute Gasteiger partial charge is 0.471 e. The van der Waals surface area contributed by atoms with Gasteiger partial charge >= 0.3 is 12.1 Å². The summed E-state index contributed by atoms with van der Waals surface area (Å²) in [5.41, 5.74) is 1.04. The first-order chi connectivity index (χ1) is 16.6. The minimum absolute atomic E-state index is 0.0211. The van der Waals surface area contributed by atoms with Crippen LogP contribution in [0.15, 0.2) is 47.5 Å². The van der Waals surface area contributed by atoms with Crippen LogP contribution in [0, 0.1) is 0 Å². The minimum Gasteiger partial charge on any atom is -0.493 e. The summed E-state index contributed by atoms with van der Waals surface area (Å²) in [6, 6.07) is 9.64. The van der Waals surface area contributed by atoms with Gasteiger partial charge in [-0.15, -0.1) is 0 Å². The first-order valence-corrected chi connectivity index (χ1v) is 10.4. The number of carbonyl (C=O) groups is 2. The molecule has 7 nitrogen and oxygen atoms in total. The van der Waals surface area contributed by atoms with E-state index < -0.39 is 31.0 Å². The molecule has 2 aromatic rings. The van der Waals surface area contributed by atoms with Gasteiger partial charge in [-0.3, -0.25) is 9.59 Å². The van der Waals surface area contributed by atoms with Crippen molar-refractivity contribution in [2.75, 3.05) is 41.5 Å². The average molecular weight is 491 g/mol. The summed E-state index contributed by atoms with van der Waals surface area (Å²) in [7, 11) is 5.81. The third kappa shape index (κ3) is 5.76. The number of rotatable bonds is 6. The number of methoxy groups -OCH3 is 4. The van der Waals surface area contributed by atoms with E-state index in [1.165, 1.54) is 40.6 Å². The number of amides is 1. The molecule has 1 fully saturated rings. The lowest BCUT2D eigenvalue weighted by atomic mass is 9.94. The molecule has 1 amide bonds. The summed E-state index contributed by atoms with van der Waals surface area (Å²) in [6.45, 7) is -0.983. The Morgan fingerprint density at radius 2 is 1.17 bits per heavy atom. The molecule has 0 aliphatic carbocycles. The van der Waals surface area contributed by atoms with Gasteiger partial charge in [-0.25, -0.2) is 0 Å². The number of likely N-dealkylation sites (tertiary alicyclic amines) is 1. The molecule has 0 radical (unpaired) electrons. The molecule has 0 spiro atoms. The first-order valence-electron chi connectivity index (χ1n) is 10.4. The molecule has 10 heteroatoms. The van der Waals surface area contributed by atoms with E-state index in [0.717, 1.165) is 0 Å². The SMILES string of the molecule is COc1ccc(C=C2CN(C(=O)C(F)(F)F)CC(=Cc3ccc(OC)c(OC)c3)C2=O)cc1OC. The van der Waals surface area contributed by atoms with E-state index >= 15 is 0 Å². The second kappa shape index (κ2) is 10.5. The van der Waals surface area contributed by atoms with Gasteiger partial charge in [0.2, 0.25) is 0 Å². The Morgan fingerprint density at radius 1 is 0.771 bits per heavy atom. The third-order valence-electron chi connectivity index (χ3n) is 5.33. The topological polar surface area (TPSA) is 74.3 Å². The molecule has 0 N–H and O–H groups in total. The van der Waals surface area contributed by atoms with Gasteiger partial charge in [0.1, 0.15) is 0 Å². The number of hydrogen-bond donors (Lipinski definition) is 0. The maximum atomic E-state index is 13.2. The minimum atomic E-state index is -5.08. The lowest BCUT2D eigenvalue weighted by Crippen LogP contribution is -2.47. The van der Waals surface area contributed by atoms with Crippen molar-refractivity contribution in [1.29, 1.82) is 0 Å². The van der Waals surface area contributed by atoms with Crippen LogP contribution in [0.5, 0.6) is 23.0 Å². The molecule has 3 rings (SSSR count). The summed E-state index contributed by atoms with van der Waals surface area (Å²) in [6.07, 6.45) is -2.21. The maximum Gasteiger partial charge on any atom is 0.471 e. The van der Waals surface area contributed by atoms with Crippen LogP contribution in [-0.4, -0.2) is 64.3 Å². The van der Waals surface area contributed by atoms with Crippen LogP contribution in [0.3, 0.4) is 0 Å². The monoisotopic (exact) mass is 491 g/mol. The summed E-state index contributed by atoms with van der Waals surface area (Å²) in [5, 5.41) is 0.